The summed E-state index contributed by atoms with van der Waals surface area (Å²) in [5, 5.41) is 13.0. The third kappa shape index (κ3) is 3.37. The number of ether oxygens (including phenoxy) is 2. The largest absolute Gasteiger partial charge is 0.497 e. The second kappa shape index (κ2) is 8.11. The normalized spacial score (nSPS) is 20.3. The van der Waals surface area contributed by atoms with E-state index < -0.39 is 5.54 Å². The lowest BCUT2D eigenvalue weighted by Gasteiger charge is -2.37. The summed E-state index contributed by atoms with van der Waals surface area (Å²) >= 11 is 0. The van der Waals surface area contributed by atoms with E-state index in [1.165, 1.54) is 0 Å². The number of anilines is 1. The van der Waals surface area contributed by atoms with E-state index in [-0.39, 0.29) is 18.8 Å². The minimum Gasteiger partial charge on any atom is -0.497 e. The zero-order chi connectivity index (χ0) is 22.2. The summed E-state index contributed by atoms with van der Waals surface area (Å²) < 4.78 is 10.9. The number of aromatic nitrogens is 2. The molecule has 0 unspecified atom stereocenters. The first kappa shape index (κ1) is 21.0. The molecule has 1 aliphatic carbocycles. The van der Waals surface area contributed by atoms with Gasteiger partial charge >= 0.3 is 0 Å². The number of aromatic amines is 1. The fourth-order valence-electron chi connectivity index (χ4n) is 4.36. The van der Waals surface area contributed by atoms with Crippen molar-refractivity contribution in [3.63, 3.8) is 0 Å². The molecule has 0 saturated heterocycles. The lowest BCUT2D eigenvalue weighted by Crippen LogP contribution is -2.49. The van der Waals surface area contributed by atoms with Crippen molar-refractivity contribution in [1.29, 1.82) is 0 Å². The van der Waals surface area contributed by atoms with Gasteiger partial charge in [-0.2, -0.15) is 0 Å². The van der Waals surface area contributed by atoms with Crippen LogP contribution in [0.4, 0.5) is 5.69 Å². The molecule has 31 heavy (non-hydrogen) atoms. The van der Waals surface area contributed by atoms with Crippen LogP contribution >= 0.6 is 0 Å². The van der Waals surface area contributed by atoms with Crippen LogP contribution in [-0.2, 0) is 11.2 Å². The highest BCUT2D eigenvalue weighted by Gasteiger charge is 2.51. The average Bonchev–Trinajstić information content (AvgIpc) is 3.30. The van der Waals surface area contributed by atoms with Gasteiger partial charge in [0, 0.05) is 44.0 Å². The molecule has 3 N–H and O–H groups in total. The molecule has 0 fully saturated rings. The maximum Gasteiger partial charge on any atom is 0.195 e. The summed E-state index contributed by atoms with van der Waals surface area (Å²) in [6.45, 7) is 1.70. The van der Waals surface area contributed by atoms with Crippen molar-refractivity contribution in [1.82, 2.24) is 15.3 Å². The Morgan fingerprint density at radius 1 is 1.26 bits per heavy atom. The first-order valence-corrected chi connectivity index (χ1v) is 10.3. The highest BCUT2D eigenvalue weighted by molar-refractivity contribution is 6.29. The van der Waals surface area contributed by atoms with Gasteiger partial charge in [-0.15, -0.1) is 0 Å². The minimum atomic E-state index is -1.01. The molecule has 8 nitrogen and oxygen atoms in total. The Bertz CT molecular complexity index is 1050. The number of ketones is 1. The highest BCUT2D eigenvalue weighted by atomic mass is 16.5. The molecule has 4 rings (SSSR count). The van der Waals surface area contributed by atoms with Crippen LogP contribution in [-0.4, -0.2) is 54.3 Å². The first-order chi connectivity index (χ1) is 15.0. The number of benzene rings is 1. The number of aryl methyl sites for hydroxylation is 1. The molecule has 0 saturated carbocycles. The van der Waals surface area contributed by atoms with Crippen molar-refractivity contribution in [2.75, 3.05) is 32.8 Å². The zero-order valence-corrected chi connectivity index (χ0v) is 18.3. The SMILES string of the molecule is CNC1=C(c2nc3c([nH]2)CCC=C3)C(=O)[C@@](C)(CCO)N1c1cc(OC)cc(OC)c1. The van der Waals surface area contributed by atoms with Crippen LogP contribution < -0.4 is 19.7 Å². The first-order valence-electron chi connectivity index (χ1n) is 10.3. The Labute approximate surface area is 181 Å². The molecule has 0 amide bonds. The molecule has 0 radical (unpaired) electrons. The topological polar surface area (TPSA) is 99.7 Å². The highest BCUT2D eigenvalue weighted by Crippen LogP contribution is 2.44. The van der Waals surface area contributed by atoms with Crippen LogP contribution in [0.5, 0.6) is 11.5 Å². The number of carbonyl (C=O) groups is 1. The number of rotatable bonds is 7. The molecule has 1 atom stereocenters. The number of Topliss-reactive ketones (excluding diaryl/α,β-unsaturated/α-hetero) is 1. The number of H-pyrrole nitrogens is 1. The van der Waals surface area contributed by atoms with Crippen molar-refractivity contribution in [3.05, 3.63) is 47.3 Å². The molecule has 1 aliphatic heterocycles. The predicted molar refractivity (Wildman–Crippen MR) is 119 cm³/mol. The van der Waals surface area contributed by atoms with Crippen molar-refractivity contribution in [2.45, 2.75) is 31.7 Å². The van der Waals surface area contributed by atoms with E-state index in [0.717, 1.165) is 29.9 Å². The number of aliphatic hydroxyl groups is 1. The molecule has 2 aliphatic rings. The summed E-state index contributed by atoms with van der Waals surface area (Å²) in [5.74, 6) is 2.26. The van der Waals surface area contributed by atoms with E-state index in [4.69, 9.17) is 14.5 Å². The zero-order valence-electron chi connectivity index (χ0n) is 18.3. The number of hydrogen-bond donors (Lipinski definition) is 3. The quantitative estimate of drug-likeness (QED) is 0.628. The molecular weight excluding hydrogens is 396 g/mol. The van der Waals surface area contributed by atoms with Crippen LogP contribution in [0.15, 0.2) is 30.1 Å². The summed E-state index contributed by atoms with van der Waals surface area (Å²) in [4.78, 5) is 23.8. The molecular formula is C23H28N4O4. The van der Waals surface area contributed by atoms with E-state index in [1.54, 1.807) is 27.3 Å². The van der Waals surface area contributed by atoms with Crippen molar-refractivity contribution >= 4 is 23.1 Å². The van der Waals surface area contributed by atoms with Crippen LogP contribution in [0.3, 0.4) is 0 Å². The van der Waals surface area contributed by atoms with E-state index in [9.17, 15) is 9.90 Å². The average molecular weight is 425 g/mol. The predicted octanol–water partition coefficient (Wildman–Crippen LogP) is 2.50. The number of carbonyl (C=O) groups excluding carboxylic acids is 1. The van der Waals surface area contributed by atoms with Gasteiger partial charge in [0.25, 0.3) is 0 Å². The number of nitrogens with one attached hydrogen (secondary N) is 2. The fraction of sp³-hybridized carbons (Fsp3) is 0.391. The third-order valence-electron chi connectivity index (χ3n) is 5.98. The third-order valence-corrected chi connectivity index (χ3v) is 5.98. The number of nitrogens with zero attached hydrogens (tertiary/aromatic N) is 2. The minimum absolute atomic E-state index is 0.109. The van der Waals surface area contributed by atoms with E-state index in [2.05, 4.69) is 16.4 Å². The molecule has 2 aromatic rings. The van der Waals surface area contributed by atoms with Gasteiger partial charge in [-0.3, -0.25) is 4.79 Å². The second-order valence-electron chi connectivity index (χ2n) is 7.85. The maximum atomic E-state index is 13.8. The van der Waals surface area contributed by atoms with Gasteiger partial charge in [-0.25, -0.2) is 4.98 Å². The Hall–Kier alpha value is -3.26. The van der Waals surface area contributed by atoms with Gasteiger partial charge < -0.3 is 29.8 Å². The monoisotopic (exact) mass is 424 g/mol. The summed E-state index contributed by atoms with van der Waals surface area (Å²) in [6.07, 6.45) is 6.12. The van der Waals surface area contributed by atoms with Crippen molar-refractivity contribution in [2.24, 2.45) is 0 Å². The summed E-state index contributed by atoms with van der Waals surface area (Å²) in [6, 6.07) is 5.48. The van der Waals surface area contributed by atoms with Gasteiger partial charge in [0.2, 0.25) is 0 Å². The van der Waals surface area contributed by atoms with Crippen LogP contribution in [0.2, 0.25) is 0 Å². The van der Waals surface area contributed by atoms with Crippen LogP contribution in [0, 0.1) is 0 Å². The van der Waals surface area contributed by atoms with E-state index in [0.29, 0.717) is 28.7 Å². The summed E-state index contributed by atoms with van der Waals surface area (Å²) in [7, 11) is 4.95. The maximum absolute atomic E-state index is 13.8. The molecule has 1 aromatic carbocycles. The molecule has 164 valence electrons. The lowest BCUT2D eigenvalue weighted by atomic mass is 9.90. The van der Waals surface area contributed by atoms with E-state index in [1.807, 2.05) is 30.0 Å². The number of methoxy groups -OCH3 is 2. The number of imidazole rings is 1. The molecule has 0 bridgehead atoms. The number of allylic oxidation sites excluding steroid dienone is 1. The Morgan fingerprint density at radius 3 is 2.55 bits per heavy atom. The van der Waals surface area contributed by atoms with Crippen LogP contribution in [0.1, 0.15) is 37.0 Å². The number of fused-ring (bicyclic) bond motifs is 1. The molecule has 8 heteroatoms. The lowest BCUT2D eigenvalue weighted by molar-refractivity contribution is -0.117. The smallest absolute Gasteiger partial charge is 0.195 e. The number of aliphatic hydroxyl groups excluding tert-OH is 1. The fourth-order valence-corrected chi connectivity index (χ4v) is 4.36. The van der Waals surface area contributed by atoms with Gasteiger partial charge in [0.1, 0.15) is 34.3 Å². The van der Waals surface area contributed by atoms with Gasteiger partial charge in [-0.1, -0.05) is 6.08 Å². The van der Waals surface area contributed by atoms with Crippen molar-refractivity contribution in [3.8, 4) is 11.5 Å². The van der Waals surface area contributed by atoms with Gasteiger partial charge in [0.05, 0.1) is 25.6 Å². The molecule has 1 aromatic heterocycles. The van der Waals surface area contributed by atoms with E-state index >= 15 is 0 Å². The standard InChI is InChI=1S/C23H28N4O4/c1-23(9-10-28)20(29)19(21-25-17-7-5-6-8-18(17)26-21)22(24-2)27(23)14-11-15(30-3)13-16(12-14)31-4/h5,7,11-13,24,28H,6,8-10H2,1-4H3,(H,25,26)/t23-/m1/s1. The Kier molecular flexibility index (Phi) is 5.49. The summed E-state index contributed by atoms with van der Waals surface area (Å²) in [5.41, 5.74) is 2.07. The van der Waals surface area contributed by atoms with Crippen molar-refractivity contribution < 1.29 is 19.4 Å². The molecule has 2 heterocycles. The van der Waals surface area contributed by atoms with Gasteiger partial charge in [0.15, 0.2) is 5.78 Å². The second-order valence-corrected chi connectivity index (χ2v) is 7.85. The Balaban J connectivity index is 1.92. The van der Waals surface area contributed by atoms with Crippen LogP contribution in [0.25, 0.3) is 11.6 Å². The van der Waals surface area contributed by atoms with Gasteiger partial charge in [-0.05, 0) is 25.8 Å². The Morgan fingerprint density at radius 2 is 1.97 bits per heavy atom. The molecule has 0 spiro atoms. The number of hydrogen-bond acceptors (Lipinski definition) is 7.